The SMILES string of the molecule is N#Cc1ccc(CNC(=O)N2CC3(CN(Cc4ccsc4)C3)C2)c(C(F)(F)F)c1. The summed E-state index contributed by atoms with van der Waals surface area (Å²) in [5, 5.41) is 15.6. The minimum absolute atomic E-state index is 0.0503. The minimum atomic E-state index is -4.58. The second-order valence-electron chi connectivity index (χ2n) is 7.77. The maximum absolute atomic E-state index is 13.2. The molecular formula is C20H19F3N4OS. The Morgan fingerprint density at radius 1 is 1.24 bits per heavy atom. The Balaban J connectivity index is 1.27. The number of nitrogens with one attached hydrogen (secondary N) is 1. The van der Waals surface area contributed by atoms with Crippen LogP contribution in [0.1, 0.15) is 22.3 Å². The van der Waals surface area contributed by atoms with E-state index in [0.717, 1.165) is 25.7 Å². The third-order valence-electron chi connectivity index (χ3n) is 5.42. The van der Waals surface area contributed by atoms with Crippen LogP contribution in [-0.2, 0) is 19.3 Å². The Morgan fingerprint density at radius 2 is 2.00 bits per heavy atom. The van der Waals surface area contributed by atoms with Crippen molar-refractivity contribution in [3.8, 4) is 6.07 Å². The lowest BCUT2D eigenvalue weighted by atomic mass is 9.73. The summed E-state index contributed by atoms with van der Waals surface area (Å²) in [6.07, 6.45) is -4.58. The lowest BCUT2D eigenvalue weighted by Crippen LogP contribution is -2.73. The molecule has 0 bridgehead atoms. The smallest absolute Gasteiger partial charge is 0.334 e. The number of nitrogens with zero attached hydrogens (tertiary/aromatic N) is 3. The maximum Gasteiger partial charge on any atom is 0.416 e. The quantitative estimate of drug-likeness (QED) is 0.821. The van der Waals surface area contributed by atoms with E-state index in [1.807, 2.05) is 0 Å². The van der Waals surface area contributed by atoms with Crippen LogP contribution in [0.4, 0.5) is 18.0 Å². The fourth-order valence-electron chi connectivity index (χ4n) is 4.11. The summed E-state index contributed by atoms with van der Waals surface area (Å²) in [7, 11) is 0. The van der Waals surface area contributed by atoms with Gasteiger partial charge in [0, 0.05) is 44.7 Å². The van der Waals surface area contributed by atoms with E-state index < -0.39 is 11.7 Å². The Labute approximate surface area is 170 Å². The molecule has 1 aromatic carbocycles. The second kappa shape index (κ2) is 7.35. The summed E-state index contributed by atoms with van der Waals surface area (Å²) < 4.78 is 39.6. The third kappa shape index (κ3) is 4.09. The van der Waals surface area contributed by atoms with Gasteiger partial charge in [-0.15, -0.1) is 0 Å². The van der Waals surface area contributed by atoms with Crippen molar-refractivity contribution in [2.75, 3.05) is 26.2 Å². The molecule has 2 aliphatic heterocycles. The number of benzene rings is 1. The van der Waals surface area contributed by atoms with Gasteiger partial charge in [-0.2, -0.15) is 29.8 Å². The summed E-state index contributed by atoms with van der Waals surface area (Å²) in [5.41, 5.74) is 0.417. The average Bonchev–Trinajstić information content (AvgIpc) is 3.12. The molecule has 152 valence electrons. The molecule has 0 unspecified atom stereocenters. The molecule has 1 N–H and O–H groups in total. The first kappa shape index (κ1) is 19.7. The Kier molecular flexibility index (Phi) is 5.00. The van der Waals surface area contributed by atoms with Gasteiger partial charge in [-0.05, 0) is 40.1 Å². The van der Waals surface area contributed by atoms with Crippen molar-refractivity contribution in [2.45, 2.75) is 19.3 Å². The number of carbonyl (C=O) groups is 1. The number of likely N-dealkylation sites (tertiary alicyclic amines) is 2. The molecule has 1 aromatic heterocycles. The van der Waals surface area contributed by atoms with E-state index in [1.165, 1.54) is 17.7 Å². The van der Waals surface area contributed by atoms with E-state index in [4.69, 9.17) is 5.26 Å². The fourth-order valence-corrected chi connectivity index (χ4v) is 4.77. The lowest BCUT2D eigenvalue weighted by molar-refractivity contribution is -0.138. The van der Waals surface area contributed by atoms with Gasteiger partial charge in [0.15, 0.2) is 0 Å². The van der Waals surface area contributed by atoms with E-state index in [-0.39, 0.29) is 29.1 Å². The van der Waals surface area contributed by atoms with Gasteiger partial charge in [0.2, 0.25) is 0 Å². The molecule has 0 aliphatic carbocycles. The average molecular weight is 420 g/mol. The first-order valence-corrected chi connectivity index (χ1v) is 10.1. The molecule has 2 aliphatic rings. The Bertz CT molecular complexity index is 938. The highest BCUT2D eigenvalue weighted by atomic mass is 32.1. The van der Waals surface area contributed by atoms with Crippen LogP contribution in [0.25, 0.3) is 0 Å². The van der Waals surface area contributed by atoms with Gasteiger partial charge in [0.25, 0.3) is 0 Å². The molecule has 1 spiro atoms. The molecule has 2 amide bonds. The van der Waals surface area contributed by atoms with Crippen molar-refractivity contribution in [3.05, 3.63) is 57.3 Å². The number of halogens is 3. The molecule has 0 atom stereocenters. The summed E-state index contributed by atoms with van der Waals surface area (Å²) in [4.78, 5) is 16.3. The normalized spacial score (nSPS) is 18.1. The highest BCUT2D eigenvalue weighted by Crippen LogP contribution is 2.40. The molecule has 3 heterocycles. The van der Waals surface area contributed by atoms with E-state index in [1.54, 1.807) is 22.3 Å². The molecule has 2 fully saturated rings. The molecule has 2 aromatic rings. The van der Waals surface area contributed by atoms with Gasteiger partial charge >= 0.3 is 12.2 Å². The molecule has 9 heteroatoms. The van der Waals surface area contributed by atoms with E-state index in [0.29, 0.717) is 13.1 Å². The Hall–Kier alpha value is -2.57. The lowest BCUT2D eigenvalue weighted by Gasteiger charge is -2.60. The van der Waals surface area contributed by atoms with Crippen molar-refractivity contribution in [2.24, 2.45) is 5.41 Å². The van der Waals surface area contributed by atoms with Crippen molar-refractivity contribution in [1.82, 2.24) is 15.1 Å². The highest BCUT2D eigenvalue weighted by Gasteiger charge is 2.52. The molecule has 0 radical (unpaired) electrons. The summed E-state index contributed by atoms with van der Waals surface area (Å²) in [5.74, 6) is 0. The molecule has 29 heavy (non-hydrogen) atoms. The first-order chi connectivity index (χ1) is 13.8. The van der Waals surface area contributed by atoms with Gasteiger partial charge in [0.05, 0.1) is 17.2 Å². The van der Waals surface area contributed by atoms with Crippen LogP contribution in [0, 0.1) is 16.7 Å². The zero-order chi connectivity index (χ0) is 20.6. The maximum atomic E-state index is 13.2. The number of hydrogen-bond acceptors (Lipinski definition) is 4. The van der Waals surface area contributed by atoms with Gasteiger partial charge in [-0.25, -0.2) is 4.79 Å². The molecule has 4 rings (SSSR count). The van der Waals surface area contributed by atoms with E-state index in [9.17, 15) is 18.0 Å². The van der Waals surface area contributed by atoms with Crippen LogP contribution in [0.5, 0.6) is 0 Å². The summed E-state index contributed by atoms with van der Waals surface area (Å²) in [6.45, 7) is 3.79. The minimum Gasteiger partial charge on any atom is -0.334 e. The van der Waals surface area contributed by atoms with E-state index >= 15 is 0 Å². The molecule has 0 saturated carbocycles. The third-order valence-corrected chi connectivity index (χ3v) is 6.15. The summed E-state index contributed by atoms with van der Waals surface area (Å²) in [6, 6.07) is 6.84. The van der Waals surface area contributed by atoms with Gasteiger partial charge in [-0.3, -0.25) is 4.90 Å². The van der Waals surface area contributed by atoms with E-state index in [2.05, 4.69) is 27.0 Å². The zero-order valence-electron chi connectivity index (χ0n) is 15.5. The number of rotatable bonds is 4. The Morgan fingerprint density at radius 3 is 2.62 bits per heavy atom. The van der Waals surface area contributed by atoms with Crippen LogP contribution in [-0.4, -0.2) is 42.0 Å². The summed E-state index contributed by atoms with van der Waals surface area (Å²) >= 11 is 1.67. The number of carbonyl (C=O) groups excluding carboxylic acids is 1. The molecular weight excluding hydrogens is 401 g/mol. The number of thiophene rings is 1. The van der Waals surface area contributed by atoms with Crippen LogP contribution in [0.2, 0.25) is 0 Å². The number of alkyl halides is 3. The predicted octanol–water partition coefficient (Wildman–Crippen LogP) is 3.67. The van der Waals surface area contributed by atoms with Gasteiger partial charge in [-0.1, -0.05) is 6.07 Å². The number of urea groups is 1. The molecule has 2 saturated heterocycles. The van der Waals surface area contributed by atoms with Crippen LogP contribution in [0.3, 0.4) is 0 Å². The number of amides is 2. The standard InChI is InChI=1S/C20H19F3N4OS/c21-20(22,23)17-5-14(6-24)1-2-16(17)7-25-18(28)27-12-19(13-27)10-26(11-19)8-15-3-4-29-9-15/h1-5,9H,7-8,10-13H2,(H,25,28). The van der Waals surface area contributed by atoms with Crippen LogP contribution >= 0.6 is 11.3 Å². The largest absolute Gasteiger partial charge is 0.416 e. The van der Waals surface area contributed by atoms with Crippen molar-refractivity contribution >= 4 is 17.4 Å². The van der Waals surface area contributed by atoms with Gasteiger partial charge < -0.3 is 10.2 Å². The predicted molar refractivity (Wildman–Crippen MR) is 102 cm³/mol. The highest BCUT2D eigenvalue weighted by molar-refractivity contribution is 7.07. The molecule has 5 nitrogen and oxygen atoms in total. The van der Waals surface area contributed by atoms with Crippen molar-refractivity contribution < 1.29 is 18.0 Å². The fraction of sp³-hybridized carbons (Fsp3) is 0.400. The second-order valence-corrected chi connectivity index (χ2v) is 8.55. The van der Waals surface area contributed by atoms with Crippen molar-refractivity contribution in [1.29, 1.82) is 5.26 Å². The number of nitriles is 1. The number of hydrogen-bond donors (Lipinski definition) is 1. The first-order valence-electron chi connectivity index (χ1n) is 9.14. The monoisotopic (exact) mass is 420 g/mol. The van der Waals surface area contributed by atoms with Crippen LogP contribution in [0.15, 0.2) is 35.0 Å². The van der Waals surface area contributed by atoms with Crippen molar-refractivity contribution in [3.63, 3.8) is 0 Å². The zero-order valence-corrected chi connectivity index (χ0v) is 16.3. The van der Waals surface area contributed by atoms with Crippen LogP contribution < -0.4 is 5.32 Å². The topological polar surface area (TPSA) is 59.4 Å². The van der Waals surface area contributed by atoms with Gasteiger partial charge in [0.1, 0.15) is 0 Å².